The third-order valence-electron chi connectivity index (χ3n) is 12.9. The summed E-state index contributed by atoms with van der Waals surface area (Å²) < 4.78 is 0. The molecule has 0 N–H and O–H groups in total. The van der Waals surface area contributed by atoms with Gasteiger partial charge in [-0.25, -0.2) is 0 Å². The van der Waals surface area contributed by atoms with Crippen LogP contribution >= 0.6 is 0 Å². The number of rotatable bonds is 4. The number of fused-ring (bicyclic) bond motifs is 2. The third kappa shape index (κ3) is 4.40. The summed E-state index contributed by atoms with van der Waals surface area (Å²) in [5.74, 6) is 0. The van der Waals surface area contributed by atoms with Crippen LogP contribution in [-0.4, -0.2) is 0 Å². The lowest BCUT2D eigenvalue weighted by Crippen LogP contribution is -1.96. The van der Waals surface area contributed by atoms with E-state index in [0.717, 1.165) is 0 Å². The van der Waals surface area contributed by atoms with Gasteiger partial charge in [0.15, 0.2) is 0 Å². The van der Waals surface area contributed by atoms with E-state index in [9.17, 15) is 0 Å². The van der Waals surface area contributed by atoms with Gasteiger partial charge >= 0.3 is 0 Å². The van der Waals surface area contributed by atoms with E-state index < -0.39 is 0 Å². The van der Waals surface area contributed by atoms with Crippen molar-refractivity contribution in [3.05, 3.63) is 206 Å². The molecule has 0 radical (unpaired) electrons. The largest absolute Gasteiger partial charge is 0.0622 e. The van der Waals surface area contributed by atoms with Crippen molar-refractivity contribution in [3.8, 4) is 44.5 Å². The second-order valence-corrected chi connectivity index (χ2v) is 15.9. The molecule has 13 rings (SSSR count). The van der Waals surface area contributed by atoms with Crippen LogP contribution in [0.3, 0.4) is 0 Å². The third-order valence-corrected chi connectivity index (χ3v) is 12.9. The van der Waals surface area contributed by atoms with Gasteiger partial charge in [-0.2, -0.15) is 0 Å². The smallest absolute Gasteiger partial charge is 0.00201 e. The molecule has 0 saturated heterocycles. The molecule has 13 aromatic rings. The normalized spacial score (nSPS) is 12.1. The highest BCUT2D eigenvalue weighted by Gasteiger charge is 2.23. The molecule has 0 fully saturated rings. The summed E-state index contributed by atoms with van der Waals surface area (Å²) in [5, 5.41) is 20.6. The molecular weight excluding hydrogens is 697 g/mol. The molecule has 0 amide bonds. The average molecular weight is 731 g/mol. The van der Waals surface area contributed by atoms with Crippen molar-refractivity contribution in [2.45, 2.75) is 0 Å². The zero-order valence-corrected chi connectivity index (χ0v) is 31.6. The predicted octanol–water partition coefficient (Wildman–Crippen LogP) is 16.5. The lowest BCUT2D eigenvalue weighted by molar-refractivity contribution is 1.61. The molecular formula is C58H34. The van der Waals surface area contributed by atoms with E-state index in [2.05, 4.69) is 206 Å². The summed E-state index contributed by atoms with van der Waals surface area (Å²) in [6, 6.07) is 77.4. The van der Waals surface area contributed by atoms with Crippen molar-refractivity contribution < 1.29 is 0 Å². The highest BCUT2D eigenvalue weighted by molar-refractivity contribution is 6.29. The Balaban J connectivity index is 1.17. The summed E-state index contributed by atoms with van der Waals surface area (Å²) in [5.41, 5.74) is 9.99. The maximum Gasteiger partial charge on any atom is -0.00201 e. The molecule has 0 unspecified atom stereocenters. The zero-order valence-electron chi connectivity index (χ0n) is 31.6. The minimum atomic E-state index is 1.21. The van der Waals surface area contributed by atoms with Gasteiger partial charge in [-0.3, -0.25) is 0 Å². The van der Waals surface area contributed by atoms with Crippen molar-refractivity contribution in [1.29, 1.82) is 0 Å². The lowest BCUT2D eigenvalue weighted by Gasteiger charge is -2.23. The van der Waals surface area contributed by atoms with Crippen LogP contribution in [0.15, 0.2) is 206 Å². The van der Waals surface area contributed by atoms with Crippen LogP contribution in [0.5, 0.6) is 0 Å². The first-order valence-electron chi connectivity index (χ1n) is 20.3. The van der Waals surface area contributed by atoms with Crippen molar-refractivity contribution in [1.82, 2.24) is 0 Å². The summed E-state index contributed by atoms with van der Waals surface area (Å²) in [6.45, 7) is 0. The summed E-state index contributed by atoms with van der Waals surface area (Å²) in [6.07, 6.45) is 0. The minimum absolute atomic E-state index is 1.21. The molecule has 266 valence electrons. The molecule has 0 atom stereocenters. The lowest BCUT2D eigenvalue weighted by atomic mass is 9.80. The fourth-order valence-electron chi connectivity index (χ4n) is 10.4. The van der Waals surface area contributed by atoms with Gasteiger partial charge in [-0.1, -0.05) is 200 Å². The first-order chi connectivity index (χ1) is 28.8. The first-order valence-corrected chi connectivity index (χ1v) is 20.3. The molecule has 0 bridgehead atoms. The predicted molar refractivity (Wildman–Crippen MR) is 251 cm³/mol. The molecule has 0 aromatic heterocycles. The zero-order chi connectivity index (χ0) is 37.9. The van der Waals surface area contributed by atoms with Crippen LogP contribution in [0.4, 0.5) is 0 Å². The quantitative estimate of drug-likeness (QED) is 0.158. The van der Waals surface area contributed by atoms with Gasteiger partial charge < -0.3 is 0 Å². The highest BCUT2D eigenvalue weighted by Crippen LogP contribution is 2.51. The van der Waals surface area contributed by atoms with Crippen LogP contribution in [0.25, 0.3) is 131 Å². The molecule has 0 saturated carbocycles. The van der Waals surface area contributed by atoms with Crippen LogP contribution in [0, 0.1) is 0 Å². The maximum atomic E-state index is 2.51. The maximum absolute atomic E-state index is 2.51. The van der Waals surface area contributed by atoms with Gasteiger partial charge in [-0.05, 0) is 137 Å². The summed E-state index contributed by atoms with van der Waals surface area (Å²) in [7, 11) is 0. The summed E-state index contributed by atoms with van der Waals surface area (Å²) >= 11 is 0. The molecule has 0 nitrogen and oxygen atoms in total. The Bertz CT molecular complexity index is 3740. The Labute approximate surface area is 335 Å². The van der Waals surface area contributed by atoms with Crippen LogP contribution in [-0.2, 0) is 0 Å². The first kappa shape index (κ1) is 31.6. The van der Waals surface area contributed by atoms with Crippen molar-refractivity contribution in [2.75, 3.05) is 0 Å². The molecule has 0 aliphatic heterocycles. The Morgan fingerprint density at radius 2 is 0.621 bits per heavy atom. The fraction of sp³-hybridized carbons (Fsp3) is 0. The fourth-order valence-corrected chi connectivity index (χ4v) is 10.4. The molecule has 58 heavy (non-hydrogen) atoms. The monoisotopic (exact) mass is 730 g/mol. The van der Waals surface area contributed by atoms with Gasteiger partial charge in [0, 0.05) is 0 Å². The van der Waals surface area contributed by atoms with Crippen molar-refractivity contribution in [3.63, 3.8) is 0 Å². The van der Waals surface area contributed by atoms with Gasteiger partial charge in [0.2, 0.25) is 0 Å². The van der Waals surface area contributed by atoms with E-state index in [0.29, 0.717) is 0 Å². The standard InChI is InChI=1S/C58H34/c1-2-10-35(11-3-1)51-34-52(44-18-6-7-19-46(44)58(51)50-33-28-42-23-21-38-14-9-16-40-27-32-49(50)56(42)54(38)40)57-43-17-5-4-12-36(43)24-30-48(57)45-29-25-41-22-20-37-13-8-15-39-26-31-47(45)55(41)53(37)39/h1-34H. The molecule has 0 heterocycles. The summed E-state index contributed by atoms with van der Waals surface area (Å²) in [4.78, 5) is 0. The number of hydrogen-bond acceptors (Lipinski definition) is 0. The van der Waals surface area contributed by atoms with E-state index >= 15 is 0 Å². The number of hydrogen-bond donors (Lipinski definition) is 0. The second kappa shape index (κ2) is 12.0. The van der Waals surface area contributed by atoms with Gasteiger partial charge in [0.05, 0.1) is 0 Å². The molecule has 0 heteroatoms. The van der Waals surface area contributed by atoms with E-state index in [1.807, 2.05) is 0 Å². The Hall–Kier alpha value is -7.54. The Morgan fingerprint density at radius 3 is 1.28 bits per heavy atom. The van der Waals surface area contributed by atoms with E-state index in [1.54, 1.807) is 0 Å². The molecule has 0 aliphatic rings. The van der Waals surface area contributed by atoms with E-state index in [-0.39, 0.29) is 0 Å². The van der Waals surface area contributed by atoms with Gasteiger partial charge in [0.1, 0.15) is 0 Å². The van der Waals surface area contributed by atoms with Crippen LogP contribution < -0.4 is 0 Å². The van der Waals surface area contributed by atoms with Gasteiger partial charge in [0.25, 0.3) is 0 Å². The SMILES string of the molecule is c1ccc(-c2cc(-c3c(-c4ccc5ccc6cccc7ccc4c5c67)ccc4ccccc34)c3ccccc3c2-c2ccc3ccc4cccc5ccc2c3c45)cc1. The average Bonchev–Trinajstić information content (AvgIpc) is 3.29. The molecule has 0 aliphatic carbocycles. The van der Waals surface area contributed by atoms with E-state index in [4.69, 9.17) is 0 Å². The van der Waals surface area contributed by atoms with Crippen molar-refractivity contribution >= 4 is 86.2 Å². The molecule has 13 aromatic carbocycles. The highest BCUT2D eigenvalue weighted by atomic mass is 14.3. The van der Waals surface area contributed by atoms with Crippen LogP contribution in [0.1, 0.15) is 0 Å². The van der Waals surface area contributed by atoms with Crippen LogP contribution in [0.2, 0.25) is 0 Å². The van der Waals surface area contributed by atoms with Gasteiger partial charge in [-0.15, -0.1) is 0 Å². The second-order valence-electron chi connectivity index (χ2n) is 15.9. The Kier molecular flexibility index (Phi) is 6.54. The number of benzene rings is 13. The topological polar surface area (TPSA) is 0 Å². The van der Waals surface area contributed by atoms with E-state index in [1.165, 1.54) is 131 Å². The van der Waals surface area contributed by atoms with Crippen molar-refractivity contribution in [2.24, 2.45) is 0 Å². The Morgan fingerprint density at radius 1 is 0.190 bits per heavy atom. The minimum Gasteiger partial charge on any atom is -0.0622 e. The molecule has 0 spiro atoms.